The summed E-state index contributed by atoms with van der Waals surface area (Å²) in [5.74, 6) is -0.180. The van der Waals surface area contributed by atoms with E-state index >= 15 is 0 Å². The lowest BCUT2D eigenvalue weighted by atomic mass is 10.1. The van der Waals surface area contributed by atoms with Crippen LogP contribution in [-0.2, 0) is 17.8 Å². The molecule has 1 aromatic heterocycles. The van der Waals surface area contributed by atoms with Crippen molar-refractivity contribution in [2.24, 2.45) is 0 Å². The van der Waals surface area contributed by atoms with Gasteiger partial charge in [0, 0.05) is 24.2 Å². The van der Waals surface area contributed by atoms with Crippen molar-refractivity contribution in [2.45, 2.75) is 25.4 Å². The number of amides is 1. The molecule has 3 aromatic carbocycles. The number of pyridine rings is 1. The SMILES string of the molecule is O=C(c1ccccc1N(c1cccc2cccnc12)S(=O)[O-])N(Cc1ccccc1)C1CC1. The lowest BCUT2D eigenvalue weighted by Gasteiger charge is -2.30. The van der Waals surface area contributed by atoms with Gasteiger partial charge in [-0.1, -0.05) is 60.7 Å². The van der Waals surface area contributed by atoms with E-state index in [1.54, 1.807) is 48.7 Å². The first kappa shape index (κ1) is 21.3. The molecule has 0 aliphatic heterocycles. The normalized spacial score (nSPS) is 14.1. The summed E-state index contributed by atoms with van der Waals surface area (Å²) in [7, 11) is 0. The zero-order valence-corrected chi connectivity index (χ0v) is 18.7. The van der Waals surface area contributed by atoms with Crippen molar-refractivity contribution < 1.29 is 13.6 Å². The average molecular weight is 457 g/mol. The van der Waals surface area contributed by atoms with Gasteiger partial charge < -0.3 is 9.45 Å². The van der Waals surface area contributed by atoms with Crippen LogP contribution in [0.1, 0.15) is 28.8 Å². The number of carbonyl (C=O) groups excluding carboxylic acids is 1. The minimum Gasteiger partial charge on any atom is -0.755 e. The monoisotopic (exact) mass is 456 g/mol. The minimum atomic E-state index is -2.66. The van der Waals surface area contributed by atoms with Crippen LogP contribution in [-0.4, -0.2) is 30.6 Å². The zero-order chi connectivity index (χ0) is 22.8. The number of benzene rings is 3. The van der Waals surface area contributed by atoms with Gasteiger partial charge in [0.25, 0.3) is 5.91 Å². The Kier molecular flexibility index (Phi) is 5.90. The fourth-order valence-corrected chi connectivity index (χ4v) is 4.69. The summed E-state index contributed by atoms with van der Waals surface area (Å²) in [6.07, 6.45) is 3.53. The van der Waals surface area contributed by atoms with Gasteiger partial charge >= 0.3 is 0 Å². The van der Waals surface area contributed by atoms with Gasteiger partial charge in [-0.15, -0.1) is 0 Å². The van der Waals surface area contributed by atoms with E-state index in [4.69, 9.17) is 0 Å². The van der Waals surface area contributed by atoms with Crippen LogP contribution >= 0.6 is 0 Å². The first-order chi connectivity index (χ1) is 16.1. The molecule has 0 saturated heterocycles. The number of para-hydroxylation sites is 2. The Balaban J connectivity index is 1.58. The van der Waals surface area contributed by atoms with Crippen molar-refractivity contribution in [1.82, 2.24) is 9.88 Å². The van der Waals surface area contributed by atoms with Crippen LogP contribution < -0.4 is 4.31 Å². The van der Waals surface area contributed by atoms with Gasteiger partial charge in [0.2, 0.25) is 0 Å². The van der Waals surface area contributed by atoms with E-state index in [0.29, 0.717) is 29.0 Å². The summed E-state index contributed by atoms with van der Waals surface area (Å²) < 4.78 is 26.2. The van der Waals surface area contributed by atoms with Crippen LogP contribution in [0.2, 0.25) is 0 Å². The maximum Gasteiger partial charge on any atom is 0.256 e. The van der Waals surface area contributed by atoms with Crippen molar-refractivity contribution in [3.8, 4) is 0 Å². The molecule has 1 fully saturated rings. The molecule has 7 heteroatoms. The highest BCUT2D eigenvalue weighted by molar-refractivity contribution is 7.81. The van der Waals surface area contributed by atoms with Gasteiger partial charge in [-0.05, 0) is 42.7 Å². The van der Waals surface area contributed by atoms with Gasteiger partial charge in [0.1, 0.15) is 0 Å². The zero-order valence-electron chi connectivity index (χ0n) is 17.8. The number of anilines is 2. The number of aromatic nitrogens is 1. The van der Waals surface area contributed by atoms with E-state index in [1.807, 2.05) is 47.4 Å². The lowest BCUT2D eigenvalue weighted by molar-refractivity contribution is 0.0731. The Morgan fingerprint density at radius 1 is 0.909 bits per heavy atom. The molecule has 166 valence electrons. The molecule has 1 heterocycles. The third-order valence-electron chi connectivity index (χ3n) is 5.78. The Morgan fingerprint density at radius 3 is 2.36 bits per heavy atom. The molecule has 1 aliphatic carbocycles. The van der Waals surface area contributed by atoms with E-state index in [0.717, 1.165) is 28.1 Å². The number of carbonyl (C=O) groups is 1. The molecule has 0 spiro atoms. The molecule has 1 saturated carbocycles. The van der Waals surface area contributed by atoms with Crippen LogP contribution in [0.15, 0.2) is 91.1 Å². The maximum atomic E-state index is 13.8. The predicted octanol–water partition coefficient (Wildman–Crippen LogP) is 4.97. The molecule has 1 aliphatic rings. The molecule has 6 nitrogen and oxygen atoms in total. The molecule has 5 rings (SSSR count). The molecule has 0 radical (unpaired) electrons. The van der Waals surface area contributed by atoms with Crippen molar-refractivity contribution in [3.05, 3.63) is 102 Å². The van der Waals surface area contributed by atoms with Crippen molar-refractivity contribution in [2.75, 3.05) is 4.31 Å². The first-order valence-corrected chi connectivity index (χ1v) is 11.8. The Bertz CT molecular complexity index is 1320. The highest BCUT2D eigenvalue weighted by atomic mass is 32.2. The molecular weight excluding hydrogens is 434 g/mol. The maximum absolute atomic E-state index is 13.8. The Morgan fingerprint density at radius 2 is 1.61 bits per heavy atom. The fraction of sp³-hybridized carbons (Fsp3) is 0.154. The van der Waals surface area contributed by atoms with Gasteiger partial charge in [-0.25, -0.2) is 0 Å². The molecule has 1 amide bonds. The Hall–Kier alpha value is -3.55. The van der Waals surface area contributed by atoms with Gasteiger partial charge in [0.05, 0.1) is 33.7 Å². The number of rotatable bonds is 7. The summed E-state index contributed by atoms with van der Waals surface area (Å²) in [5.41, 5.74) is 2.65. The summed E-state index contributed by atoms with van der Waals surface area (Å²) in [6.45, 7) is 0.481. The summed E-state index contributed by atoms with van der Waals surface area (Å²) >= 11 is -2.66. The largest absolute Gasteiger partial charge is 0.755 e. The van der Waals surface area contributed by atoms with Crippen LogP contribution in [0.3, 0.4) is 0 Å². The van der Waals surface area contributed by atoms with Gasteiger partial charge in [-0.2, -0.15) is 0 Å². The third-order valence-corrected chi connectivity index (χ3v) is 6.47. The predicted molar refractivity (Wildman–Crippen MR) is 129 cm³/mol. The second-order valence-electron chi connectivity index (χ2n) is 8.03. The Labute approximate surface area is 194 Å². The number of hydrogen-bond acceptors (Lipinski definition) is 4. The second-order valence-corrected chi connectivity index (χ2v) is 8.83. The quantitative estimate of drug-likeness (QED) is 0.368. The molecule has 0 bridgehead atoms. The van der Waals surface area contributed by atoms with Crippen molar-refractivity contribution in [3.63, 3.8) is 0 Å². The topological polar surface area (TPSA) is 76.6 Å². The van der Waals surface area contributed by atoms with Gasteiger partial charge in [0.15, 0.2) is 0 Å². The average Bonchev–Trinajstić information content (AvgIpc) is 3.69. The van der Waals surface area contributed by atoms with Crippen molar-refractivity contribution >= 4 is 39.5 Å². The molecule has 1 unspecified atom stereocenters. The first-order valence-electron chi connectivity index (χ1n) is 10.8. The standard InChI is InChI=1S/C26H23N3O3S/c30-26(28(21-15-16-21)18-19-8-2-1-3-9-19)22-12-4-5-13-23(22)29(33(31)32)24-14-6-10-20-11-7-17-27-25(20)24/h1-14,17,21H,15-16,18H2,(H,31,32)/p-1. The summed E-state index contributed by atoms with van der Waals surface area (Å²) in [6, 6.07) is 25.9. The third kappa shape index (κ3) is 4.37. The van der Waals surface area contributed by atoms with Crippen LogP contribution in [0.5, 0.6) is 0 Å². The number of hydrogen-bond donors (Lipinski definition) is 0. The van der Waals surface area contributed by atoms with Crippen LogP contribution in [0, 0.1) is 0 Å². The lowest BCUT2D eigenvalue weighted by Crippen LogP contribution is -2.34. The highest BCUT2D eigenvalue weighted by Crippen LogP contribution is 2.36. The minimum absolute atomic E-state index is 0.163. The number of nitrogens with zero attached hydrogens (tertiary/aromatic N) is 3. The van der Waals surface area contributed by atoms with E-state index < -0.39 is 11.3 Å². The molecular formula is C26H22N3O3S-. The summed E-state index contributed by atoms with van der Waals surface area (Å²) in [5, 5.41) is 0.818. The van der Waals surface area contributed by atoms with Gasteiger partial charge in [-0.3, -0.25) is 18.3 Å². The summed E-state index contributed by atoms with van der Waals surface area (Å²) in [4.78, 5) is 20.0. The van der Waals surface area contributed by atoms with Crippen LogP contribution in [0.25, 0.3) is 10.9 Å². The number of fused-ring (bicyclic) bond motifs is 1. The molecule has 33 heavy (non-hydrogen) atoms. The van der Waals surface area contributed by atoms with Crippen molar-refractivity contribution in [1.29, 1.82) is 0 Å². The molecule has 1 atom stereocenters. The van der Waals surface area contributed by atoms with Crippen LogP contribution in [0.4, 0.5) is 11.4 Å². The molecule has 4 aromatic rings. The van der Waals surface area contributed by atoms with E-state index in [-0.39, 0.29) is 11.9 Å². The highest BCUT2D eigenvalue weighted by Gasteiger charge is 2.34. The second kappa shape index (κ2) is 9.13. The van der Waals surface area contributed by atoms with E-state index in [2.05, 4.69) is 4.98 Å². The fourth-order valence-electron chi connectivity index (χ4n) is 4.06. The van der Waals surface area contributed by atoms with E-state index in [1.165, 1.54) is 0 Å². The molecule has 0 N–H and O–H groups in total. The smallest absolute Gasteiger partial charge is 0.256 e. The van der Waals surface area contributed by atoms with E-state index in [9.17, 15) is 13.6 Å².